The molecule has 1 heterocycles. The molecule has 3 rings (SSSR count). The zero-order valence-corrected chi connectivity index (χ0v) is 10.9. The summed E-state index contributed by atoms with van der Waals surface area (Å²) in [6, 6.07) is 18.1. The Labute approximate surface area is 116 Å². The van der Waals surface area contributed by atoms with Crippen molar-refractivity contribution in [2.24, 2.45) is 10.9 Å². The molecule has 3 aromatic rings. The standard InChI is InChI=1S/C16H15N3O/c17-16(18-20)14-6-7-15-13(10-14)8-9-19(15)11-12-4-2-1-3-5-12/h1-10,20H,11H2,(H2,17,18). The number of amidine groups is 1. The fourth-order valence-corrected chi connectivity index (χ4v) is 2.34. The molecule has 0 unspecified atom stereocenters. The lowest BCUT2D eigenvalue weighted by Gasteiger charge is -2.06. The van der Waals surface area contributed by atoms with Gasteiger partial charge < -0.3 is 15.5 Å². The molecule has 0 spiro atoms. The predicted molar refractivity (Wildman–Crippen MR) is 80.0 cm³/mol. The summed E-state index contributed by atoms with van der Waals surface area (Å²) in [5, 5.41) is 12.8. The van der Waals surface area contributed by atoms with Gasteiger partial charge >= 0.3 is 0 Å². The van der Waals surface area contributed by atoms with Crippen molar-refractivity contribution in [2.75, 3.05) is 0 Å². The minimum Gasteiger partial charge on any atom is -0.409 e. The second kappa shape index (κ2) is 5.09. The first-order valence-electron chi connectivity index (χ1n) is 6.38. The predicted octanol–water partition coefficient (Wildman–Crippen LogP) is 2.78. The number of rotatable bonds is 3. The maximum atomic E-state index is 8.72. The molecule has 1 aromatic heterocycles. The number of aromatic nitrogens is 1. The van der Waals surface area contributed by atoms with Gasteiger partial charge in [0.05, 0.1) is 0 Å². The van der Waals surface area contributed by atoms with Crippen molar-refractivity contribution in [3.05, 3.63) is 71.9 Å². The molecule has 4 nitrogen and oxygen atoms in total. The van der Waals surface area contributed by atoms with Gasteiger partial charge in [0.15, 0.2) is 5.84 Å². The van der Waals surface area contributed by atoms with Crippen LogP contribution in [0.5, 0.6) is 0 Å². The van der Waals surface area contributed by atoms with Gasteiger partial charge in [-0.05, 0) is 29.8 Å². The summed E-state index contributed by atoms with van der Waals surface area (Å²) in [7, 11) is 0. The topological polar surface area (TPSA) is 63.5 Å². The average Bonchev–Trinajstić information content (AvgIpc) is 2.90. The van der Waals surface area contributed by atoms with E-state index in [1.165, 1.54) is 5.56 Å². The molecule has 3 N–H and O–H groups in total. The zero-order valence-electron chi connectivity index (χ0n) is 10.9. The molecule has 0 aliphatic carbocycles. The second-order valence-corrected chi connectivity index (χ2v) is 4.69. The SMILES string of the molecule is N/C(=N/O)c1ccc2c(ccn2Cc2ccccc2)c1. The Hall–Kier alpha value is -2.75. The average molecular weight is 265 g/mol. The van der Waals surface area contributed by atoms with E-state index in [0.29, 0.717) is 0 Å². The highest BCUT2D eigenvalue weighted by molar-refractivity contribution is 6.00. The Morgan fingerprint density at radius 1 is 1.10 bits per heavy atom. The first-order valence-corrected chi connectivity index (χ1v) is 6.38. The van der Waals surface area contributed by atoms with Gasteiger partial charge in [0, 0.05) is 29.2 Å². The Morgan fingerprint density at radius 3 is 2.65 bits per heavy atom. The molecule has 0 radical (unpaired) electrons. The van der Waals surface area contributed by atoms with Crippen molar-refractivity contribution in [1.82, 2.24) is 4.57 Å². The fraction of sp³-hybridized carbons (Fsp3) is 0.0625. The van der Waals surface area contributed by atoms with E-state index >= 15 is 0 Å². The molecular formula is C16H15N3O. The van der Waals surface area contributed by atoms with Gasteiger partial charge in [0.25, 0.3) is 0 Å². The third kappa shape index (κ3) is 2.23. The molecule has 0 aliphatic rings. The van der Waals surface area contributed by atoms with Crippen LogP contribution in [0, 0.1) is 0 Å². The highest BCUT2D eigenvalue weighted by Crippen LogP contribution is 2.19. The summed E-state index contributed by atoms with van der Waals surface area (Å²) in [6.45, 7) is 0.827. The van der Waals surface area contributed by atoms with Crippen LogP contribution >= 0.6 is 0 Å². The maximum Gasteiger partial charge on any atom is 0.170 e. The van der Waals surface area contributed by atoms with Gasteiger partial charge in [0.1, 0.15) is 0 Å². The van der Waals surface area contributed by atoms with Crippen molar-refractivity contribution < 1.29 is 5.21 Å². The van der Waals surface area contributed by atoms with Gasteiger partial charge in [0.2, 0.25) is 0 Å². The molecule has 0 bridgehead atoms. The zero-order chi connectivity index (χ0) is 13.9. The summed E-state index contributed by atoms with van der Waals surface area (Å²) in [5.41, 5.74) is 8.71. The number of nitrogens with two attached hydrogens (primary N) is 1. The lowest BCUT2D eigenvalue weighted by molar-refractivity contribution is 0.318. The van der Waals surface area contributed by atoms with Gasteiger partial charge in [-0.2, -0.15) is 0 Å². The normalized spacial score (nSPS) is 11.9. The molecule has 0 saturated heterocycles. The van der Waals surface area contributed by atoms with Crippen molar-refractivity contribution in [3.63, 3.8) is 0 Å². The molecule has 0 amide bonds. The molecule has 20 heavy (non-hydrogen) atoms. The maximum absolute atomic E-state index is 8.72. The van der Waals surface area contributed by atoms with Crippen molar-refractivity contribution in [3.8, 4) is 0 Å². The minimum atomic E-state index is 0.128. The third-order valence-corrected chi connectivity index (χ3v) is 3.37. The van der Waals surface area contributed by atoms with Crippen LogP contribution in [0.25, 0.3) is 10.9 Å². The lowest BCUT2D eigenvalue weighted by Crippen LogP contribution is -2.12. The van der Waals surface area contributed by atoms with Gasteiger partial charge in [-0.1, -0.05) is 35.5 Å². The Kier molecular flexibility index (Phi) is 3.13. The van der Waals surface area contributed by atoms with E-state index in [1.807, 2.05) is 48.7 Å². The van der Waals surface area contributed by atoms with Crippen molar-refractivity contribution in [2.45, 2.75) is 6.54 Å². The number of nitrogens with zero attached hydrogens (tertiary/aromatic N) is 2. The highest BCUT2D eigenvalue weighted by atomic mass is 16.4. The van der Waals surface area contributed by atoms with E-state index in [4.69, 9.17) is 10.9 Å². The molecule has 2 aromatic carbocycles. The summed E-state index contributed by atoms with van der Waals surface area (Å²) >= 11 is 0. The number of hydrogen-bond donors (Lipinski definition) is 2. The van der Waals surface area contributed by atoms with Crippen LogP contribution in [0.2, 0.25) is 0 Å². The molecule has 0 saturated carbocycles. The lowest BCUT2D eigenvalue weighted by atomic mass is 10.1. The van der Waals surface area contributed by atoms with Crippen LogP contribution < -0.4 is 5.73 Å². The van der Waals surface area contributed by atoms with Crippen LogP contribution in [0.3, 0.4) is 0 Å². The molecule has 0 aliphatic heterocycles. The fourth-order valence-electron chi connectivity index (χ4n) is 2.34. The molecular weight excluding hydrogens is 250 g/mol. The Bertz CT molecular complexity index is 760. The van der Waals surface area contributed by atoms with E-state index in [1.54, 1.807) is 0 Å². The van der Waals surface area contributed by atoms with Crippen molar-refractivity contribution in [1.29, 1.82) is 0 Å². The van der Waals surface area contributed by atoms with Crippen LogP contribution in [-0.4, -0.2) is 15.6 Å². The Morgan fingerprint density at radius 2 is 1.90 bits per heavy atom. The molecule has 0 atom stereocenters. The Balaban J connectivity index is 1.98. The van der Waals surface area contributed by atoms with Crippen LogP contribution in [0.15, 0.2) is 65.9 Å². The summed E-state index contributed by atoms with van der Waals surface area (Å²) < 4.78 is 2.18. The third-order valence-electron chi connectivity index (χ3n) is 3.37. The summed E-state index contributed by atoms with van der Waals surface area (Å²) in [5.74, 6) is 0.128. The van der Waals surface area contributed by atoms with E-state index < -0.39 is 0 Å². The summed E-state index contributed by atoms with van der Waals surface area (Å²) in [4.78, 5) is 0. The van der Waals surface area contributed by atoms with Crippen LogP contribution in [-0.2, 0) is 6.54 Å². The van der Waals surface area contributed by atoms with E-state index in [2.05, 4.69) is 21.9 Å². The van der Waals surface area contributed by atoms with Gasteiger partial charge in [-0.25, -0.2) is 0 Å². The van der Waals surface area contributed by atoms with E-state index in [-0.39, 0.29) is 5.84 Å². The molecule has 4 heteroatoms. The number of oxime groups is 1. The van der Waals surface area contributed by atoms with E-state index in [9.17, 15) is 0 Å². The summed E-state index contributed by atoms with van der Waals surface area (Å²) in [6.07, 6.45) is 2.05. The van der Waals surface area contributed by atoms with Gasteiger partial charge in [-0.15, -0.1) is 0 Å². The van der Waals surface area contributed by atoms with Crippen LogP contribution in [0.4, 0.5) is 0 Å². The molecule has 0 fully saturated rings. The smallest absolute Gasteiger partial charge is 0.170 e. The molecule has 100 valence electrons. The first-order chi connectivity index (χ1) is 9.78. The van der Waals surface area contributed by atoms with E-state index in [0.717, 1.165) is 23.0 Å². The van der Waals surface area contributed by atoms with Crippen LogP contribution in [0.1, 0.15) is 11.1 Å². The minimum absolute atomic E-state index is 0.128. The van der Waals surface area contributed by atoms with Crippen molar-refractivity contribution >= 4 is 16.7 Å². The largest absolute Gasteiger partial charge is 0.409 e. The number of hydrogen-bond acceptors (Lipinski definition) is 2. The first kappa shape index (κ1) is 12.3. The van der Waals surface area contributed by atoms with Gasteiger partial charge in [-0.3, -0.25) is 0 Å². The number of benzene rings is 2. The quantitative estimate of drug-likeness (QED) is 0.331. The highest BCUT2D eigenvalue weighted by Gasteiger charge is 2.05. The monoisotopic (exact) mass is 265 g/mol. The second-order valence-electron chi connectivity index (χ2n) is 4.69. The number of fused-ring (bicyclic) bond motifs is 1.